The van der Waals surface area contributed by atoms with Gasteiger partial charge < -0.3 is 74.7 Å². The molecule has 3 rings (SSSR count). The lowest BCUT2D eigenvalue weighted by Gasteiger charge is -2.42. The molecule has 15 heteroatoms. The van der Waals surface area contributed by atoms with Gasteiger partial charge in [0, 0.05) is 0 Å². The van der Waals surface area contributed by atoms with Gasteiger partial charge in [-0.15, -0.1) is 0 Å². The summed E-state index contributed by atoms with van der Waals surface area (Å²) in [7, 11) is 0. The lowest BCUT2D eigenvalue weighted by atomic mass is 9.98. The quantitative estimate of drug-likeness (QED) is 0.172. The summed E-state index contributed by atoms with van der Waals surface area (Å²) in [5.74, 6) is 0. The maximum atomic E-state index is 10.2. The molecule has 3 heterocycles. The second-order valence-corrected chi connectivity index (χ2v) is 7.97. The van der Waals surface area contributed by atoms with Gasteiger partial charge >= 0.3 is 0 Å². The van der Waals surface area contributed by atoms with Crippen LogP contribution < -0.4 is 0 Å². The van der Waals surface area contributed by atoms with E-state index in [-0.39, 0.29) is 6.61 Å². The van der Waals surface area contributed by atoms with Crippen molar-refractivity contribution in [3.8, 4) is 0 Å². The summed E-state index contributed by atoms with van der Waals surface area (Å²) < 4.78 is 26.0. The number of rotatable bonds is 6. The minimum atomic E-state index is -1.80. The highest BCUT2D eigenvalue weighted by Crippen LogP contribution is 2.26. The predicted octanol–water partition coefficient (Wildman–Crippen LogP) is -6.93. The molecule has 3 aliphatic heterocycles. The van der Waals surface area contributed by atoms with Crippen molar-refractivity contribution in [2.75, 3.05) is 19.8 Å². The molecule has 3 saturated heterocycles. The number of aliphatic hydroxyl groups excluding tert-OH is 10. The largest absolute Gasteiger partial charge is 0.388 e. The molecule has 32 heavy (non-hydrogen) atoms. The third kappa shape index (κ3) is 5.38. The molecule has 3 fully saturated rings. The van der Waals surface area contributed by atoms with Gasteiger partial charge in [0.2, 0.25) is 0 Å². The normalized spacial score (nSPS) is 52.7. The van der Waals surface area contributed by atoms with Crippen LogP contribution in [0.5, 0.6) is 0 Å². The lowest BCUT2D eigenvalue weighted by Crippen LogP contribution is -2.62. The lowest BCUT2D eigenvalue weighted by molar-refractivity contribution is -0.335. The Morgan fingerprint density at radius 1 is 0.531 bits per heavy atom. The van der Waals surface area contributed by atoms with Crippen LogP contribution in [0.25, 0.3) is 0 Å². The van der Waals surface area contributed by atoms with Gasteiger partial charge in [-0.1, -0.05) is 0 Å². The predicted molar refractivity (Wildman–Crippen MR) is 95.2 cm³/mol. The Labute approximate surface area is 181 Å². The first-order valence-electron chi connectivity index (χ1n) is 9.99. The van der Waals surface area contributed by atoms with Gasteiger partial charge in [0.25, 0.3) is 0 Å². The average molecular weight is 474 g/mol. The molecule has 0 unspecified atom stereocenters. The van der Waals surface area contributed by atoms with Crippen LogP contribution in [0.3, 0.4) is 0 Å². The maximum absolute atomic E-state index is 10.2. The Kier molecular flexibility index (Phi) is 8.75. The number of hydrogen-bond acceptors (Lipinski definition) is 15. The van der Waals surface area contributed by atoms with E-state index in [0.29, 0.717) is 0 Å². The van der Waals surface area contributed by atoms with Crippen LogP contribution in [-0.4, -0.2) is 157 Å². The standard InChI is InChI=1S/C17H30O15/c18-4-1-28-16(13(25)7(4)19)29-3-6-9(21)11(23)14(26)17(32-6)30-2-5-8(20)10(22)12(24)15(27)31-5/h4-27H,1-3H2/t4-,5+,6+,7+,8+,9+,10-,11-,12+,13-,14+,15+,16+,17+/m0/s1. The molecule has 0 aromatic rings. The molecule has 0 spiro atoms. The highest BCUT2D eigenvalue weighted by Gasteiger charge is 2.47. The summed E-state index contributed by atoms with van der Waals surface area (Å²) in [5, 5.41) is 98.1. The maximum Gasteiger partial charge on any atom is 0.186 e. The minimum Gasteiger partial charge on any atom is -0.388 e. The molecule has 188 valence electrons. The fourth-order valence-corrected chi connectivity index (χ4v) is 3.57. The Hall–Kier alpha value is -0.600. The van der Waals surface area contributed by atoms with Crippen molar-refractivity contribution in [2.24, 2.45) is 0 Å². The van der Waals surface area contributed by atoms with Crippen LogP contribution in [-0.2, 0) is 23.7 Å². The van der Waals surface area contributed by atoms with Crippen molar-refractivity contribution in [2.45, 2.75) is 86.0 Å². The third-order valence-electron chi connectivity index (χ3n) is 5.66. The number of hydrogen-bond donors (Lipinski definition) is 10. The molecule has 0 aromatic heterocycles. The number of ether oxygens (including phenoxy) is 5. The van der Waals surface area contributed by atoms with E-state index in [1.54, 1.807) is 0 Å². The first kappa shape index (κ1) is 26.0. The second kappa shape index (κ2) is 10.8. The van der Waals surface area contributed by atoms with Gasteiger partial charge in [-0.2, -0.15) is 0 Å². The fourth-order valence-electron chi connectivity index (χ4n) is 3.57. The zero-order chi connectivity index (χ0) is 23.7. The zero-order valence-corrected chi connectivity index (χ0v) is 16.7. The van der Waals surface area contributed by atoms with Crippen molar-refractivity contribution in [1.29, 1.82) is 0 Å². The van der Waals surface area contributed by atoms with Gasteiger partial charge in [0.15, 0.2) is 18.9 Å². The molecule has 0 radical (unpaired) electrons. The first-order chi connectivity index (χ1) is 15.0. The molecule has 0 aliphatic carbocycles. The Morgan fingerprint density at radius 3 is 1.66 bits per heavy atom. The van der Waals surface area contributed by atoms with E-state index in [1.807, 2.05) is 0 Å². The molecule has 3 aliphatic rings. The van der Waals surface area contributed by atoms with E-state index >= 15 is 0 Å². The molecule has 0 bridgehead atoms. The molecule has 14 atom stereocenters. The molecule has 10 N–H and O–H groups in total. The smallest absolute Gasteiger partial charge is 0.186 e. The van der Waals surface area contributed by atoms with Gasteiger partial charge in [-0.05, 0) is 0 Å². The van der Waals surface area contributed by atoms with Gasteiger partial charge in [0.05, 0.1) is 19.8 Å². The van der Waals surface area contributed by atoms with Crippen molar-refractivity contribution in [3.63, 3.8) is 0 Å². The van der Waals surface area contributed by atoms with Crippen molar-refractivity contribution in [3.05, 3.63) is 0 Å². The van der Waals surface area contributed by atoms with Gasteiger partial charge in [-0.3, -0.25) is 0 Å². The topological polar surface area (TPSA) is 248 Å². The summed E-state index contributed by atoms with van der Waals surface area (Å²) in [6.45, 7) is -1.35. The second-order valence-electron chi connectivity index (χ2n) is 7.97. The first-order valence-corrected chi connectivity index (χ1v) is 9.99. The zero-order valence-electron chi connectivity index (χ0n) is 16.7. The van der Waals surface area contributed by atoms with E-state index in [4.69, 9.17) is 23.7 Å². The monoisotopic (exact) mass is 474 g/mol. The molecule has 0 aromatic carbocycles. The van der Waals surface area contributed by atoms with Crippen LogP contribution in [0, 0.1) is 0 Å². The molecule has 0 amide bonds. The van der Waals surface area contributed by atoms with E-state index in [0.717, 1.165) is 0 Å². The van der Waals surface area contributed by atoms with E-state index in [2.05, 4.69) is 0 Å². The number of aliphatic hydroxyl groups is 10. The van der Waals surface area contributed by atoms with Crippen molar-refractivity contribution in [1.82, 2.24) is 0 Å². The average Bonchev–Trinajstić information content (AvgIpc) is 2.77. The van der Waals surface area contributed by atoms with Gasteiger partial charge in [-0.25, -0.2) is 0 Å². The van der Waals surface area contributed by atoms with Crippen molar-refractivity contribution >= 4 is 0 Å². The summed E-state index contributed by atoms with van der Waals surface area (Å²) in [6.07, 6.45) is -22.0. The summed E-state index contributed by atoms with van der Waals surface area (Å²) >= 11 is 0. The minimum absolute atomic E-state index is 0.319. The Balaban J connectivity index is 1.56. The van der Waals surface area contributed by atoms with Crippen LogP contribution in [0.4, 0.5) is 0 Å². The fraction of sp³-hybridized carbons (Fsp3) is 1.00. The molecular formula is C17H30O15. The van der Waals surface area contributed by atoms with Gasteiger partial charge in [0.1, 0.15) is 67.1 Å². The molecule has 15 nitrogen and oxygen atoms in total. The van der Waals surface area contributed by atoms with E-state index in [1.165, 1.54) is 0 Å². The summed E-state index contributed by atoms with van der Waals surface area (Å²) in [5.41, 5.74) is 0. The highest BCUT2D eigenvalue weighted by atomic mass is 16.7. The van der Waals surface area contributed by atoms with Crippen molar-refractivity contribution < 1.29 is 74.7 Å². The van der Waals surface area contributed by atoms with Crippen LogP contribution in [0.15, 0.2) is 0 Å². The van der Waals surface area contributed by atoms with Crippen LogP contribution >= 0.6 is 0 Å². The van der Waals surface area contributed by atoms with E-state index < -0.39 is 99.2 Å². The summed E-state index contributed by atoms with van der Waals surface area (Å²) in [6, 6.07) is 0. The Morgan fingerprint density at radius 2 is 1.03 bits per heavy atom. The molecule has 0 saturated carbocycles. The Bertz CT molecular complexity index is 596. The summed E-state index contributed by atoms with van der Waals surface area (Å²) in [4.78, 5) is 0. The SMILES string of the molecule is O[C@@H]1[C@@H](O)[C@H](O)O[C@H](CO[C@@H]2O[C@H](CO[C@H]3OC[C@H](O)[C@@H](O)[C@@H]3O)[C@@H](O)[C@H](O)[C@H]2O)[C@H]1O. The van der Waals surface area contributed by atoms with Crippen LogP contribution in [0.1, 0.15) is 0 Å². The van der Waals surface area contributed by atoms with E-state index in [9.17, 15) is 51.1 Å². The van der Waals surface area contributed by atoms with Crippen LogP contribution in [0.2, 0.25) is 0 Å². The highest BCUT2D eigenvalue weighted by molar-refractivity contribution is 4.92. The molecular weight excluding hydrogens is 444 g/mol. The third-order valence-corrected chi connectivity index (χ3v) is 5.66.